The van der Waals surface area contributed by atoms with Crippen molar-refractivity contribution in [2.24, 2.45) is 0 Å². The van der Waals surface area contributed by atoms with Gasteiger partial charge in [0.25, 0.3) is 0 Å². The Bertz CT molecular complexity index is 899. The van der Waals surface area contributed by atoms with Crippen LogP contribution in [0.15, 0.2) is 42.5 Å². The normalized spacial score (nSPS) is 16.6. The number of hydrogen-bond acceptors (Lipinski definition) is 2. The summed E-state index contributed by atoms with van der Waals surface area (Å²) in [6.45, 7) is 1.98. The molecule has 122 valence electrons. The Labute approximate surface area is 140 Å². The zero-order chi connectivity index (χ0) is 16.5. The molecule has 1 aliphatic rings. The average Bonchev–Trinajstić information content (AvgIpc) is 2.96. The number of carbonyl (C=O) groups is 1. The lowest BCUT2D eigenvalue weighted by molar-refractivity contribution is 0.247. The minimum absolute atomic E-state index is 0.0753. The van der Waals surface area contributed by atoms with Crippen LogP contribution in [0.3, 0.4) is 0 Å². The highest BCUT2D eigenvalue weighted by atomic mass is 16.2. The van der Waals surface area contributed by atoms with E-state index >= 15 is 0 Å². The highest BCUT2D eigenvalue weighted by molar-refractivity contribution is 5.93. The number of carbonyl (C=O) groups excluding carboxylic acids is 1. The van der Waals surface area contributed by atoms with Gasteiger partial charge in [-0.05, 0) is 55.5 Å². The summed E-state index contributed by atoms with van der Waals surface area (Å²) in [4.78, 5) is 12.4. The first kappa shape index (κ1) is 14.8. The molecule has 0 bridgehead atoms. The summed E-state index contributed by atoms with van der Waals surface area (Å²) in [7, 11) is 0. The van der Waals surface area contributed by atoms with Crippen LogP contribution < -0.4 is 10.6 Å². The fourth-order valence-electron chi connectivity index (χ4n) is 3.45. The number of fused-ring (bicyclic) bond motifs is 2. The van der Waals surface area contributed by atoms with E-state index in [0.717, 1.165) is 41.5 Å². The van der Waals surface area contributed by atoms with Crippen molar-refractivity contribution in [3.05, 3.63) is 59.3 Å². The molecule has 5 heteroatoms. The summed E-state index contributed by atoms with van der Waals surface area (Å²) >= 11 is 0. The third-order valence-electron chi connectivity index (χ3n) is 4.68. The molecule has 1 aromatic heterocycles. The molecule has 2 aromatic carbocycles. The van der Waals surface area contributed by atoms with E-state index in [1.165, 1.54) is 11.1 Å². The van der Waals surface area contributed by atoms with Crippen molar-refractivity contribution in [2.45, 2.75) is 32.2 Å². The number of nitrogens with zero attached hydrogens (tertiary/aromatic N) is 1. The van der Waals surface area contributed by atoms with E-state index in [4.69, 9.17) is 0 Å². The van der Waals surface area contributed by atoms with E-state index in [-0.39, 0.29) is 12.1 Å². The standard InChI is InChI=1S/C19H20N4O/c1-12-15-10-9-14(11-18(15)23-22-12)20-19(24)21-17-8-4-6-13-5-2-3-7-16(13)17/h2-3,5,7,9-11,17H,4,6,8H2,1H3,(H,22,23)(H2,20,21,24). The Balaban J connectivity index is 1.48. The number of benzene rings is 2. The molecule has 24 heavy (non-hydrogen) atoms. The molecule has 3 aromatic rings. The number of amides is 2. The SMILES string of the molecule is Cc1[nH]nc2cc(NC(=O)NC3CCCc4ccccc43)ccc12. The zero-order valence-corrected chi connectivity index (χ0v) is 13.6. The Morgan fingerprint density at radius 1 is 1.25 bits per heavy atom. The number of anilines is 1. The molecule has 0 aliphatic heterocycles. The molecule has 0 saturated heterocycles. The van der Waals surface area contributed by atoms with Gasteiger partial charge in [-0.15, -0.1) is 0 Å². The molecule has 5 nitrogen and oxygen atoms in total. The minimum Gasteiger partial charge on any atom is -0.331 e. The van der Waals surface area contributed by atoms with Gasteiger partial charge >= 0.3 is 6.03 Å². The lowest BCUT2D eigenvalue weighted by Gasteiger charge is -2.26. The molecular weight excluding hydrogens is 300 g/mol. The molecule has 1 heterocycles. The monoisotopic (exact) mass is 320 g/mol. The van der Waals surface area contributed by atoms with Crippen LogP contribution in [0.5, 0.6) is 0 Å². The third-order valence-corrected chi connectivity index (χ3v) is 4.68. The Morgan fingerprint density at radius 3 is 3.04 bits per heavy atom. The lowest BCUT2D eigenvalue weighted by atomic mass is 9.88. The Morgan fingerprint density at radius 2 is 2.12 bits per heavy atom. The maximum absolute atomic E-state index is 12.4. The number of rotatable bonds is 2. The van der Waals surface area contributed by atoms with Crippen molar-refractivity contribution in [3.63, 3.8) is 0 Å². The summed E-state index contributed by atoms with van der Waals surface area (Å²) < 4.78 is 0. The van der Waals surface area contributed by atoms with Crippen molar-refractivity contribution < 1.29 is 4.79 Å². The highest BCUT2D eigenvalue weighted by Gasteiger charge is 2.21. The fourth-order valence-corrected chi connectivity index (χ4v) is 3.45. The van der Waals surface area contributed by atoms with Crippen molar-refractivity contribution in [1.29, 1.82) is 0 Å². The molecule has 0 spiro atoms. The van der Waals surface area contributed by atoms with Crippen LogP contribution in [0.25, 0.3) is 10.9 Å². The van der Waals surface area contributed by atoms with Crippen LogP contribution in [-0.2, 0) is 6.42 Å². The molecule has 3 N–H and O–H groups in total. The maximum atomic E-state index is 12.4. The number of aromatic nitrogens is 2. The van der Waals surface area contributed by atoms with E-state index in [9.17, 15) is 4.79 Å². The first-order valence-corrected chi connectivity index (χ1v) is 8.31. The van der Waals surface area contributed by atoms with E-state index in [2.05, 4.69) is 39.0 Å². The molecule has 1 unspecified atom stereocenters. The fraction of sp³-hybridized carbons (Fsp3) is 0.263. The molecule has 0 radical (unpaired) electrons. The summed E-state index contributed by atoms with van der Waals surface area (Å²) in [5.41, 5.74) is 5.20. The van der Waals surface area contributed by atoms with Gasteiger partial charge in [0.1, 0.15) is 0 Å². The maximum Gasteiger partial charge on any atom is 0.319 e. The third kappa shape index (κ3) is 2.73. The van der Waals surface area contributed by atoms with Crippen molar-refractivity contribution in [3.8, 4) is 0 Å². The number of urea groups is 1. The molecule has 2 amide bonds. The van der Waals surface area contributed by atoms with E-state index in [1.807, 2.05) is 31.2 Å². The number of aromatic amines is 1. The number of H-pyrrole nitrogens is 1. The van der Waals surface area contributed by atoms with Crippen molar-refractivity contribution in [1.82, 2.24) is 15.5 Å². The summed E-state index contributed by atoms with van der Waals surface area (Å²) in [5, 5.41) is 14.3. The summed E-state index contributed by atoms with van der Waals surface area (Å²) in [6.07, 6.45) is 3.16. The van der Waals surface area contributed by atoms with Crippen LogP contribution in [-0.4, -0.2) is 16.2 Å². The first-order chi connectivity index (χ1) is 11.7. The first-order valence-electron chi connectivity index (χ1n) is 8.31. The minimum atomic E-state index is -0.177. The highest BCUT2D eigenvalue weighted by Crippen LogP contribution is 2.29. The molecule has 1 atom stereocenters. The summed E-state index contributed by atoms with van der Waals surface area (Å²) in [5.74, 6) is 0. The van der Waals surface area contributed by atoms with Crippen molar-refractivity contribution in [2.75, 3.05) is 5.32 Å². The van der Waals surface area contributed by atoms with Crippen LogP contribution in [0.4, 0.5) is 10.5 Å². The largest absolute Gasteiger partial charge is 0.331 e. The van der Waals surface area contributed by atoms with Gasteiger partial charge < -0.3 is 10.6 Å². The smallest absolute Gasteiger partial charge is 0.319 e. The van der Waals surface area contributed by atoms with Gasteiger partial charge in [-0.25, -0.2) is 4.79 Å². The van der Waals surface area contributed by atoms with Gasteiger partial charge in [0.05, 0.1) is 11.6 Å². The van der Waals surface area contributed by atoms with Crippen LogP contribution in [0.1, 0.15) is 35.7 Å². The predicted octanol–water partition coefficient (Wildman–Crippen LogP) is 4.07. The average molecular weight is 320 g/mol. The Hall–Kier alpha value is -2.82. The zero-order valence-electron chi connectivity index (χ0n) is 13.6. The van der Waals surface area contributed by atoms with E-state index < -0.39 is 0 Å². The second kappa shape index (κ2) is 6.00. The number of hydrogen-bond donors (Lipinski definition) is 3. The van der Waals surface area contributed by atoms with Gasteiger partial charge in [-0.2, -0.15) is 5.10 Å². The van der Waals surface area contributed by atoms with Crippen molar-refractivity contribution >= 4 is 22.6 Å². The van der Waals surface area contributed by atoms with Gasteiger partial charge in [0.15, 0.2) is 0 Å². The molecule has 0 saturated carbocycles. The topological polar surface area (TPSA) is 69.8 Å². The molecular formula is C19H20N4O. The lowest BCUT2D eigenvalue weighted by Crippen LogP contribution is -2.34. The Kier molecular flexibility index (Phi) is 3.69. The molecule has 4 rings (SSSR count). The predicted molar refractivity (Wildman–Crippen MR) is 95.1 cm³/mol. The summed E-state index contributed by atoms with van der Waals surface area (Å²) in [6, 6.07) is 14.0. The van der Waals surface area contributed by atoms with Gasteiger partial charge in [0.2, 0.25) is 0 Å². The van der Waals surface area contributed by atoms with Crippen LogP contribution in [0.2, 0.25) is 0 Å². The van der Waals surface area contributed by atoms with E-state index in [0.29, 0.717) is 0 Å². The number of nitrogens with one attached hydrogen (secondary N) is 3. The van der Waals surface area contributed by atoms with Gasteiger partial charge in [-0.3, -0.25) is 5.10 Å². The quantitative estimate of drug-likeness (QED) is 0.666. The van der Waals surface area contributed by atoms with Gasteiger partial charge in [0, 0.05) is 16.8 Å². The second-order valence-electron chi connectivity index (χ2n) is 6.32. The number of aryl methyl sites for hydroxylation is 2. The van der Waals surface area contributed by atoms with Crippen LogP contribution >= 0.6 is 0 Å². The van der Waals surface area contributed by atoms with E-state index in [1.54, 1.807) is 0 Å². The van der Waals surface area contributed by atoms with Crippen LogP contribution in [0, 0.1) is 6.92 Å². The molecule has 0 fully saturated rings. The second-order valence-corrected chi connectivity index (χ2v) is 6.32. The molecule has 1 aliphatic carbocycles. The van der Waals surface area contributed by atoms with Gasteiger partial charge in [-0.1, -0.05) is 24.3 Å².